The molecule has 1 fully saturated rings. The van der Waals surface area contributed by atoms with E-state index in [9.17, 15) is 10.1 Å². The van der Waals surface area contributed by atoms with Gasteiger partial charge in [0.15, 0.2) is 0 Å². The van der Waals surface area contributed by atoms with E-state index in [0.29, 0.717) is 49.1 Å². The zero-order valence-corrected chi connectivity index (χ0v) is 21.5. The molecule has 1 N–H and O–H groups in total. The highest BCUT2D eigenvalue weighted by Crippen LogP contribution is 2.35. The largest absolute Gasteiger partial charge is 0.375 e. The van der Waals surface area contributed by atoms with Gasteiger partial charge < -0.3 is 9.64 Å². The second-order valence-corrected chi connectivity index (χ2v) is 9.88. The Morgan fingerprint density at radius 2 is 1.64 bits per heavy atom. The first-order valence-corrected chi connectivity index (χ1v) is 12.8. The van der Waals surface area contributed by atoms with Crippen LogP contribution in [0.1, 0.15) is 29.5 Å². The summed E-state index contributed by atoms with van der Waals surface area (Å²) in [5.74, 6) is -0.0142. The maximum Gasteiger partial charge on any atom is 0.242 e. The number of rotatable bonds is 9. The Labute approximate surface area is 222 Å². The van der Waals surface area contributed by atoms with Gasteiger partial charge in [-0.3, -0.25) is 10.1 Å². The molecule has 0 saturated carbocycles. The summed E-state index contributed by atoms with van der Waals surface area (Å²) < 4.78 is 5.94. The van der Waals surface area contributed by atoms with E-state index in [1.807, 2.05) is 71.6 Å². The van der Waals surface area contributed by atoms with E-state index in [4.69, 9.17) is 27.9 Å². The van der Waals surface area contributed by atoms with Crippen molar-refractivity contribution in [1.82, 2.24) is 10.2 Å². The lowest BCUT2D eigenvalue weighted by molar-refractivity contribution is -0.136. The van der Waals surface area contributed by atoms with Gasteiger partial charge in [0, 0.05) is 19.6 Å². The number of nitrogens with zero attached hydrogens (tertiary/aromatic N) is 2. The minimum atomic E-state index is -0.560. The number of hydrogen-bond donors (Lipinski definition) is 1. The van der Waals surface area contributed by atoms with E-state index in [0.717, 1.165) is 16.7 Å². The molecule has 7 heteroatoms. The minimum absolute atomic E-state index is 0.0142. The number of ether oxygens (including phenoxy) is 1. The summed E-state index contributed by atoms with van der Waals surface area (Å²) in [6, 6.07) is 27.2. The fourth-order valence-electron chi connectivity index (χ4n) is 4.53. The van der Waals surface area contributed by atoms with Crippen molar-refractivity contribution in [3.05, 3.63) is 106 Å². The van der Waals surface area contributed by atoms with Crippen LogP contribution >= 0.6 is 23.2 Å². The SMILES string of the molecule is N#CC1(c2ccccc2)CCN(C(=O)C(COCc2ccc(Cl)c(Cl)c2)NCc2ccccc2)CC1. The fourth-order valence-corrected chi connectivity index (χ4v) is 4.85. The first-order valence-electron chi connectivity index (χ1n) is 12.1. The molecule has 1 aliphatic rings. The molecule has 36 heavy (non-hydrogen) atoms. The zero-order chi connectivity index (χ0) is 25.4. The molecule has 1 atom stereocenters. The quantitative estimate of drug-likeness (QED) is 0.389. The molecule has 3 aromatic rings. The molecule has 0 aromatic heterocycles. The van der Waals surface area contributed by atoms with Gasteiger partial charge in [-0.1, -0.05) is 89.9 Å². The number of amides is 1. The normalized spacial score (nSPS) is 15.8. The van der Waals surface area contributed by atoms with Gasteiger partial charge in [0.2, 0.25) is 5.91 Å². The molecule has 1 aliphatic heterocycles. The smallest absolute Gasteiger partial charge is 0.242 e. The average molecular weight is 522 g/mol. The summed E-state index contributed by atoms with van der Waals surface area (Å²) >= 11 is 12.1. The molecular formula is C29H29Cl2N3O2. The van der Waals surface area contributed by atoms with Crippen LogP contribution in [0, 0.1) is 11.3 Å². The van der Waals surface area contributed by atoms with E-state index in [-0.39, 0.29) is 12.5 Å². The van der Waals surface area contributed by atoms with Crippen molar-refractivity contribution >= 4 is 29.1 Å². The number of likely N-dealkylation sites (tertiary alicyclic amines) is 1. The van der Waals surface area contributed by atoms with Crippen LogP contribution in [0.25, 0.3) is 0 Å². The van der Waals surface area contributed by atoms with Crippen molar-refractivity contribution in [3.63, 3.8) is 0 Å². The van der Waals surface area contributed by atoms with Gasteiger partial charge in [-0.15, -0.1) is 0 Å². The maximum atomic E-state index is 13.6. The van der Waals surface area contributed by atoms with Gasteiger partial charge in [-0.05, 0) is 41.7 Å². The highest BCUT2D eigenvalue weighted by molar-refractivity contribution is 6.42. The second kappa shape index (κ2) is 12.4. The topological polar surface area (TPSA) is 65.4 Å². The number of halogens is 2. The summed E-state index contributed by atoms with van der Waals surface area (Å²) in [5, 5.41) is 14.3. The molecule has 1 amide bonds. The van der Waals surface area contributed by atoms with E-state index < -0.39 is 11.5 Å². The third kappa shape index (κ3) is 6.46. The van der Waals surface area contributed by atoms with Crippen LogP contribution < -0.4 is 5.32 Å². The molecule has 0 aliphatic carbocycles. The van der Waals surface area contributed by atoms with Crippen LogP contribution in [-0.2, 0) is 28.1 Å². The van der Waals surface area contributed by atoms with Crippen molar-refractivity contribution < 1.29 is 9.53 Å². The lowest BCUT2D eigenvalue weighted by Gasteiger charge is -2.39. The standard InChI is InChI=1S/C29H29Cl2N3O2/c30-25-12-11-23(17-26(25)31)19-36-20-27(33-18-22-7-3-1-4-8-22)28(35)34-15-13-29(21-32,14-16-34)24-9-5-2-6-10-24/h1-12,17,27,33H,13-16,18-20H2. The molecule has 0 bridgehead atoms. The van der Waals surface area contributed by atoms with E-state index in [1.54, 1.807) is 12.1 Å². The van der Waals surface area contributed by atoms with Gasteiger partial charge in [0.1, 0.15) is 6.04 Å². The molecule has 186 valence electrons. The molecule has 4 rings (SSSR count). The number of nitrogens with one attached hydrogen (secondary N) is 1. The predicted octanol–water partition coefficient (Wildman–Crippen LogP) is 5.75. The number of carbonyl (C=O) groups is 1. The first-order chi connectivity index (χ1) is 17.5. The lowest BCUT2D eigenvalue weighted by Crippen LogP contribution is -2.53. The van der Waals surface area contributed by atoms with Crippen molar-refractivity contribution in [1.29, 1.82) is 5.26 Å². The Bertz CT molecular complexity index is 1190. The average Bonchev–Trinajstić information content (AvgIpc) is 2.93. The predicted molar refractivity (Wildman–Crippen MR) is 143 cm³/mol. The molecule has 3 aromatic carbocycles. The summed E-state index contributed by atoms with van der Waals surface area (Å²) in [6.45, 7) is 2.13. The molecular weight excluding hydrogens is 493 g/mol. The van der Waals surface area contributed by atoms with Crippen LogP contribution in [0.5, 0.6) is 0 Å². The third-order valence-electron chi connectivity index (χ3n) is 6.70. The van der Waals surface area contributed by atoms with Crippen molar-refractivity contribution in [3.8, 4) is 6.07 Å². The summed E-state index contributed by atoms with van der Waals surface area (Å²) in [4.78, 5) is 15.4. The van der Waals surface area contributed by atoms with E-state index >= 15 is 0 Å². The lowest BCUT2D eigenvalue weighted by atomic mass is 9.74. The molecule has 1 unspecified atom stereocenters. The maximum absolute atomic E-state index is 13.6. The van der Waals surface area contributed by atoms with Crippen LogP contribution in [0.2, 0.25) is 10.0 Å². The Hall–Kier alpha value is -2.88. The number of benzene rings is 3. The van der Waals surface area contributed by atoms with E-state index in [1.165, 1.54) is 0 Å². The third-order valence-corrected chi connectivity index (χ3v) is 7.44. The number of piperidine rings is 1. The highest BCUT2D eigenvalue weighted by atomic mass is 35.5. The Morgan fingerprint density at radius 3 is 2.28 bits per heavy atom. The Balaban J connectivity index is 1.41. The van der Waals surface area contributed by atoms with Crippen LogP contribution in [0.4, 0.5) is 0 Å². The van der Waals surface area contributed by atoms with Crippen LogP contribution in [0.15, 0.2) is 78.9 Å². The number of nitriles is 1. The molecule has 0 spiro atoms. The second-order valence-electron chi connectivity index (χ2n) is 9.07. The molecule has 1 heterocycles. The Kier molecular flexibility index (Phi) is 9.01. The van der Waals surface area contributed by atoms with Crippen LogP contribution in [-0.4, -0.2) is 36.5 Å². The fraction of sp³-hybridized carbons (Fsp3) is 0.310. The summed E-state index contributed by atoms with van der Waals surface area (Å²) in [7, 11) is 0. The van der Waals surface area contributed by atoms with Crippen molar-refractivity contribution in [2.45, 2.75) is 37.5 Å². The summed E-state index contributed by atoms with van der Waals surface area (Å²) in [6.07, 6.45) is 1.21. The molecule has 1 saturated heterocycles. The van der Waals surface area contributed by atoms with Gasteiger partial charge in [0.05, 0.1) is 34.7 Å². The highest BCUT2D eigenvalue weighted by Gasteiger charge is 2.38. The van der Waals surface area contributed by atoms with Gasteiger partial charge >= 0.3 is 0 Å². The number of carbonyl (C=O) groups excluding carboxylic acids is 1. The van der Waals surface area contributed by atoms with Gasteiger partial charge in [-0.25, -0.2) is 0 Å². The monoisotopic (exact) mass is 521 g/mol. The van der Waals surface area contributed by atoms with Gasteiger partial charge in [-0.2, -0.15) is 5.26 Å². The number of hydrogen-bond acceptors (Lipinski definition) is 4. The van der Waals surface area contributed by atoms with Crippen molar-refractivity contribution in [2.75, 3.05) is 19.7 Å². The minimum Gasteiger partial charge on any atom is -0.375 e. The zero-order valence-electron chi connectivity index (χ0n) is 20.0. The molecule has 5 nitrogen and oxygen atoms in total. The Morgan fingerprint density at radius 1 is 0.972 bits per heavy atom. The van der Waals surface area contributed by atoms with Gasteiger partial charge in [0.25, 0.3) is 0 Å². The summed E-state index contributed by atoms with van der Waals surface area (Å²) in [5.41, 5.74) is 2.43. The molecule has 0 radical (unpaired) electrons. The van der Waals surface area contributed by atoms with E-state index in [2.05, 4.69) is 11.4 Å². The van der Waals surface area contributed by atoms with Crippen molar-refractivity contribution in [2.24, 2.45) is 0 Å². The van der Waals surface area contributed by atoms with Crippen LogP contribution in [0.3, 0.4) is 0 Å². The first kappa shape index (κ1) is 26.2.